The Kier molecular flexibility index (Phi) is 21.5. The molecule has 0 aromatic heterocycles. The summed E-state index contributed by atoms with van der Waals surface area (Å²) in [6, 6.07) is 37.8. The molecule has 0 fully saturated rings. The SMILES string of the molecule is CCC[c-]1cccc1.CCC[c-]1cccc1.CCOc1cc[c-]cc1.CCOc1cc[c-]cc1.[Ti+4]. The average Bonchev–Trinajstić information content (AvgIpc) is 3.58. The zero-order chi connectivity index (χ0) is 24.7. The minimum atomic E-state index is 0. The van der Waals surface area contributed by atoms with Gasteiger partial charge in [0.15, 0.2) is 0 Å². The average molecular weight is 505 g/mol. The van der Waals surface area contributed by atoms with Gasteiger partial charge in [0.2, 0.25) is 0 Å². The normalized spacial score (nSPS) is 9.03. The van der Waals surface area contributed by atoms with Gasteiger partial charge in [-0.2, -0.15) is 71.8 Å². The molecule has 4 aromatic rings. The van der Waals surface area contributed by atoms with Crippen molar-refractivity contribution in [2.24, 2.45) is 0 Å². The topological polar surface area (TPSA) is 18.5 Å². The summed E-state index contributed by atoms with van der Waals surface area (Å²) in [5.74, 6) is 1.83. The molecule has 0 spiro atoms. The van der Waals surface area contributed by atoms with Crippen molar-refractivity contribution in [1.82, 2.24) is 0 Å². The zero-order valence-corrected chi connectivity index (χ0v) is 23.4. The van der Waals surface area contributed by atoms with E-state index in [1.165, 1.54) is 36.8 Å². The van der Waals surface area contributed by atoms with E-state index in [0.717, 1.165) is 24.7 Å². The van der Waals surface area contributed by atoms with Crippen LogP contribution < -0.4 is 9.47 Å². The molecule has 35 heavy (non-hydrogen) atoms. The summed E-state index contributed by atoms with van der Waals surface area (Å²) in [7, 11) is 0. The molecule has 0 N–H and O–H groups in total. The Balaban J connectivity index is 0.000000437. The molecule has 184 valence electrons. The molecule has 0 aliphatic heterocycles. The molecule has 0 saturated heterocycles. The van der Waals surface area contributed by atoms with Gasteiger partial charge in [0, 0.05) is 11.5 Å². The van der Waals surface area contributed by atoms with Gasteiger partial charge in [0.25, 0.3) is 0 Å². The maximum Gasteiger partial charge on any atom is 4.00 e. The molecule has 0 radical (unpaired) electrons. The van der Waals surface area contributed by atoms with Crippen LogP contribution in [0, 0.1) is 12.1 Å². The summed E-state index contributed by atoms with van der Waals surface area (Å²) >= 11 is 0. The summed E-state index contributed by atoms with van der Waals surface area (Å²) in [5, 5.41) is 0. The minimum Gasteiger partial charge on any atom is -0.519 e. The largest absolute Gasteiger partial charge is 4.00 e. The van der Waals surface area contributed by atoms with Crippen LogP contribution in [-0.4, -0.2) is 13.2 Å². The summed E-state index contributed by atoms with van der Waals surface area (Å²) in [5.41, 5.74) is 2.93. The second kappa shape index (κ2) is 23.2. The van der Waals surface area contributed by atoms with Crippen molar-refractivity contribution in [1.29, 1.82) is 0 Å². The van der Waals surface area contributed by atoms with Crippen molar-refractivity contribution in [2.75, 3.05) is 13.2 Å². The van der Waals surface area contributed by atoms with Gasteiger partial charge in [-0.3, -0.25) is 0 Å². The molecule has 0 aliphatic rings. The smallest absolute Gasteiger partial charge is 0.519 e. The van der Waals surface area contributed by atoms with Crippen molar-refractivity contribution < 1.29 is 31.2 Å². The second-order valence-electron chi connectivity index (χ2n) is 7.42. The quantitative estimate of drug-likeness (QED) is 0.177. The van der Waals surface area contributed by atoms with Crippen LogP contribution in [0.2, 0.25) is 0 Å². The monoisotopic (exact) mass is 504 g/mol. The van der Waals surface area contributed by atoms with Gasteiger partial charge in [0.1, 0.15) is 0 Å². The number of hydrogen-bond acceptors (Lipinski definition) is 2. The van der Waals surface area contributed by atoms with Crippen LogP contribution >= 0.6 is 0 Å². The number of hydrogen-bond donors (Lipinski definition) is 0. The van der Waals surface area contributed by atoms with Crippen LogP contribution in [0.1, 0.15) is 51.7 Å². The molecule has 4 rings (SSSR count). The summed E-state index contributed by atoms with van der Waals surface area (Å²) in [4.78, 5) is 0. The number of aryl methyl sites for hydroxylation is 2. The van der Waals surface area contributed by atoms with Crippen molar-refractivity contribution in [3.63, 3.8) is 0 Å². The first kappa shape index (κ1) is 32.5. The first-order valence-corrected chi connectivity index (χ1v) is 12.3. The first-order valence-electron chi connectivity index (χ1n) is 12.3. The molecular formula is C32H40O2Ti. The van der Waals surface area contributed by atoms with E-state index < -0.39 is 0 Å². The van der Waals surface area contributed by atoms with Gasteiger partial charge in [-0.05, 0) is 13.8 Å². The van der Waals surface area contributed by atoms with Gasteiger partial charge in [-0.15, -0.1) is 24.3 Å². The summed E-state index contributed by atoms with van der Waals surface area (Å²) in [6.07, 6.45) is 4.97. The maximum absolute atomic E-state index is 5.19. The molecule has 2 nitrogen and oxygen atoms in total. The maximum atomic E-state index is 5.19. The molecule has 0 aliphatic carbocycles. The van der Waals surface area contributed by atoms with Crippen LogP contribution in [0.4, 0.5) is 0 Å². The van der Waals surface area contributed by atoms with Crippen molar-refractivity contribution in [3.05, 3.63) is 120 Å². The summed E-state index contributed by atoms with van der Waals surface area (Å²) in [6.45, 7) is 9.79. The third kappa shape index (κ3) is 17.5. The van der Waals surface area contributed by atoms with Crippen LogP contribution in [0.15, 0.2) is 97.1 Å². The Hall–Kier alpha value is -2.55. The van der Waals surface area contributed by atoms with Gasteiger partial charge >= 0.3 is 21.7 Å². The molecule has 0 heterocycles. The van der Waals surface area contributed by atoms with Gasteiger partial charge in [-0.1, -0.05) is 39.5 Å². The van der Waals surface area contributed by atoms with Gasteiger partial charge < -0.3 is 9.47 Å². The second-order valence-corrected chi connectivity index (χ2v) is 7.42. The van der Waals surface area contributed by atoms with Crippen molar-refractivity contribution >= 4 is 0 Å². The molecule has 4 aromatic carbocycles. The molecule has 0 amide bonds. The van der Waals surface area contributed by atoms with E-state index in [9.17, 15) is 0 Å². The predicted octanol–water partition coefficient (Wildman–Crippen LogP) is 8.48. The molecule has 0 atom stereocenters. The van der Waals surface area contributed by atoms with E-state index in [1.54, 1.807) is 0 Å². The van der Waals surface area contributed by atoms with E-state index in [2.05, 4.69) is 74.5 Å². The molecule has 0 unspecified atom stereocenters. The van der Waals surface area contributed by atoms with Crippen LogP contribution in [-0.2, 0) is 34.6 Å². The van der Waals surface area contributed by atoms with Crippen LogP contribution in [0.25, 0.3) is 0 Å². The van der Waals surface area contributed by atoms with E-state index in [-0.39, 0.29) is 21.7 Å². The standard InChI is InChI=1S/2C8H9O.2C8H11.Ti/c2*1-2-9-8-6-4-3-5-7-8;2*1-2-5-8-6-3-4-7-8;/h2*4-7H,2H2,1H3;2*3-4,6-7H,2,5H2,1H3;/q4*-1;+4. The molecule has 0 saturated carbocycles. The number of rotatable bonds is 8. The minimum absolute atomic E-state index is 0. The van der Waals surface area contributed by atoms with Gasteiger partial charge in [0.05, 0.1) is 13.2 Å². The number of benzene rings is 2. The van der Waals surface area contributed by atoms with E-state index in [0.29, 0.717) is 0 Å². The molecule has 3 heteroatoms. The molecular weight excluding hydrogens is 464 g/mol. The van der Waals surface area contributed by atoms with Crippen molar-refractivity contribution in [2.45, 2.75) is 53.4 Å². The molecule has 0 bridgehead atoms. The van der Waals surface area contributed by atoms with Crippen LogP contribution in [0.3, 0.4) is 0 Å². The Morgan fingerprint density at radius 1 is 0.571 bits per heavy atom. The Morgan fingerprint density at radius 3 is 1.14 bits per heavy atom. The van der Waals surface area contributed by atoms with Gasteiger partial charge in [-0.25, -0.2) is 24.3 Å². The fraction of sp³-hybridized carbons (Fsp3) is 0.312. The third-order valence-electron chi connectivity index (χ3n) is 4.54. The Morgan fingerprint density at radius 2 is 0.886 bits per heavy atom. The third-order valence-corrected chi connectivity index (χ3v) is 4.54. The Labute approximate surface area is 228 Å². The van der Waals surface area contributed by atoms with E-state index in [4.69, 9.17) is 9.47 Å². The fourth-order valence-corrected chi connectivity index (χ4v) is 3.01. The van der Waals surface area contributed by atoms with Crippen LogP contribution in [0.5, 0.6) is 11.5 Å². The Bertz CT molecular complexity index is 808. The zero-order valence-electron chi connectivity index (χ0n) is 21.8. The fourth-order valence-electron chi connectivity index (χ4n) is 3.01. The summed E-state index contributed by atoms with van der Waals surface area (Å²) < 4.78 is 10.4. The van der Waals surface area contributed by atoms with Crippen molar-refractivity contribution in [3.8, 4) is 11.5 Å². The van der Waals surface area contributed by atoms with E-state index in [1.807, 2.05) is 62.4 Å². The first-order chi connectivity index (χ1) is 16.7. The number of ether oxygens (including phenoxy) is 2. The predicted molar refractivity (Wildman–Crippen MR) is 145 cm³/mol. The van der Waals surface area contributed by atoms with E-state index >= 15 is 0 Å².